The van der Waals surface area contributed by atoms with E-state index < -0.39 is 0 Å². The summed E-state index contributed by atoms with van der Waals surface area (Å²) in [6, 6.07) is 9.46. The second-order valence-electron chi connectivity index (χ2n) is 6.64. The zero-order chi connectivity index (χ0) is 20.4. The van der Waals surface area contributed by atoms with Gasteiger partial charge in [0.1, 0.15) is 5.69 Å². The predicted octanol–water partition coefficient (Wildman–Crippen LogP) is 3.82. The standard InChI is InChI=1S/C21H25N3O4/c1-12-9-14(24(2)3)7-8-15(12)23-21(25)16-10-13-11-17(26-4)19(27-5)20(28-6)18(13)22-16/h7-11,22H,1-6H3,(H,23,25). The summed E-state index contributed by atoms with van der Waals surface area (Å²) in [5, 5.41) is 3.75. The van der Waals surface area contributed by atoms with Gasteiger partial charge in [-0.25, -0.2) is 0 Å². The molecule has 0 saturated heterocycles. The number of aromatic nitrogens is 1. The van der Waals surface area contributed by atoms with E-state index >= 15 is 0 Å². The summed E-state index contributed by atoms with van der Waals surface area (Å²) in [7, 11) is 8.61. The van der Waals surface area contributed by atoms with Crippen LogP contribution in [0.2, 0.25) is 0 Å². The Hall–Kier alpha value is -3.35. The van der Waals surface area contributed by atoms with Crippen molar-refractivity contribution in [3.63, 3.8) is 0 Å². The average Bonchev–Trinajstić information content (AvgIpc) is 3.11. The second-order valence-corrected chi connectivity index (χ2v) is 6.64. The molecule has 1 heterocycles. The quantitative estimate of drug-likeness (QED) is 0.677. The number of fused-ring (bicyclic) bond motifs is 1. The lowest BCUT2D eigenvalue weighted by atomic mass is 10.1. The Morgan fingerprint density at radius 2 is 1.71 bits per heavy atom. The number of aryl methyl sites for hydroxylation is 1. The number of methoxy groups -OCH3 is 3. The number of anilines is 2. The molecule has 3 rings (SSSR count). The van der Waals surface area contributed by atoms with Gasteiger partial charge >= 0.3 is 0 Å². The van der Waals surface area contributed by atoms with E-state index in [4.69, 9.17) is 14.2 Å². The van der Waals surface area contributed by atoms with Crippen molar-refractivity contribution < 1.29 is 19.0 Å². The average molecular weight is 383 g/mol. The van der Waals surface area contributed by atoms with Gasteiger partial charge in [0.2, 0.25) is 5.75 Å². The highest BCUT2D eigenvalue weighted by atomic mass is 16.5. The topological polar surface area (TPSA) is 75.8 Å². The van der Waals surface area contributed by atoms with Gasteiger partial charge < -0.3 is 29.4 Å². The number of benzene rings is 2. The summed E-state index contributed by atoms with van der Waals surface area (Å²) in [4.78, 5) is 18.0. The SMILES string of the molecule is COc1cc2cc(C(=O)Nc3ccc(N(C)C)cc3C)[nH]c2c(OC)c1OC. The molecule has 1 amide bonds. The van der Waals surface area contributed by atoms with Crippen molar-refractivity contribution >= 4 is 28.2 Å². The zero-order valence-corrected chi connectivity index (χ0v) is 17.0. The highest BCUT2D eigenvalue weighted by molar-refractivity contribution is 6.07. The van der Waals surface area contributed by atoms with E-state index in [9.17, 15) is 4.79 Å². The maximum atomic E-state index is 12.8. The van der Waals surface area contributed by atoms with Gasteiger partial charge in [-0.3, -0.25) is 4.79 Å². The minimum Gasteiger partial charge on any atom is -0.493 e. The zero-order valence-electron chi connectivity index (χ0n) is 17.0. The first-order valence-corrected chi connectivity index (χ1v) is 8.80. The third-order valence-electron chi connectivity index (χ3n) is 4.64. The van der Waals surface area contributed by atoms with Gasteiger partial charge in [0, 0.05) is 30.9 Å². The Morgan fingerprint density at radius 3 is 2.29 bits per heavy atom. The number of carbonyl (C=O) groups is 1. The van der Waals surface area contributed by atoms with Gasteiger partial charge in [-0.1, -0.05) is 0 Å². The van der Waals surface area contributed by atoms with Crippen LogP contribution >= 0.6 is 0 Å². The number of ether oxygens (including phenoxy) is 3. The first-order valence-electron chi connectivity index (χ1n) is 8.80. The molecule has 0 radical (unpaired) electrons. The highest BCUT2D eigenvalue weighted by Crippen LogP contribution is 2.43. The number of amides is 1. The molecule has 0 spiro atoms. The molecule has 2 N–H and O–H groups in total. The number of aromatic amines is 1. The van der Waals surface area contributed by atoms with Gasteiger partial charge in [0.25, 0.3) is 5.91 Å². The largest absolute Gasteiger partial charge is 0.493 e. The molecule has 3 aromatic rings. The lowest BCUT2D eigenvalue weighted by Crippen LogP contribution is -2.14. The maximum Gasteiger partial charge on any atom is 0.272 e. The smallest absolute Gasteiger partial charge is 0.272 e. The fraction of sp³-hybridized carbons (Fsp3) is 0.286. The van der Waals surface area contributed by atoms with Crippen LogP contribution in [-0.4, -0.2) is 46.3 Å². The van der Waals surface area contributed by atoms with Crippen molar-refractivity contribution in [1.82, 2.24) is 4.98 Å². The molecule has 0 atom stereocenters. The van der Waals surface area contributed by atoms with Crippen LogP contribution in [0.5, 0.6) is 17.2 Å². The van der Waals surface area contributed by atoms with Crippen molar-refractivity contribution in [3.8, 4) is 17.2 Å². The molecule has 148 valence electrons. The van der Waals surface area contributed by atoms with Crippen molar-refractivity contribution in [2.24, 2.45) is 0 Å². The normalized spacial score (nSPS) is 10.6. The monoisotopic (exact) mass is 383 g/mol. The van der Waals surface area contributed by atoms with Crippen molar-refractivity contribution in [3.05, 3.63) is 41.6 Å². The van der Waals surface area contributed by atoms with Gasteiger partial charge in [-0.2, -0.15) is 0 Å². The van der Waals surface area contributed by atoms with Crippen LogP contribution < -0.4 is 24.4 Å². The number of rotatable bonds is 6. The van der Waals surface area contributed by atoms with Crippen LogP contribution in [0.25, 0.3) is 10.9 Å². The van der Waals surface area contributed by atoms with Gasteiger partial charge in [0.05, 0.1) is 26.8 Å². The summed E-state index contributed by atoms with van der Waals surface area (Å²) in [5.41, 5.74) is 3.91. The van der Waals surface area contributed by atoms with Crippen LogP contribution in [0.4, 0.5) is 11.4 Å². The van der Waals surface area contributed by atoms with E-state index in [1.807, 2.05) is 44.1 Å². The molecular formula is C21H25N3O4. The second kappa shape index (κ2) is 7.72. The Kier molecular flexibility index (Phi) is 5.35. The molecule has 0 aliphatic rings. The molecule has 0 aliphatic heterocycles. The Morgan fingerprint density at radius 1 is 1.00 bits per heavy atom. The molecule has 28 heavy (non-hydrogen) atoms. The predicted molar refractivity (Wildman–Crippen MR) is 111 cm³/mol. The number of H-pyrrole nitrogens is 1. The first kappa shape index (κ1) is 19.4. The molecular weight excluding hydrogens is 358 g/mol. The van der Waals surface area contributed by atoms with Crippen LogP contribution in [0.15, 0.2) is 30.3 Å². The number of hydrogen-bond donors (Lipinski definition) is 2. The molecule has 0 aliphatic carbocycles. The first-order chi connectivity index (χ1) is 13.4. The minimum absolute atomic E-state index is 0.239. The molecule has 7 heteroatoms. The summed E-state index contributed by atoms with van der Waals surface area (Å²) in [5.74, 6) is 1.26. The molecule has 7 nitrogen and oxygen atoms in total. The summed E-state index contributed by atoms with van der Waals surface area (Å²) in [6.07, 6.45) is 0. The van der Waals surface area contributed by atoms with Gasteiger partial charge in [-0.05, 0) is 42.8 Å². The van der Waals surface area contributed by atoms with E-state index in [1.54, 1.807) is 33.5 Å². The van der Waals surface area contributed by atoms with Crippen LogP contribution in [0.3, 0.4) is 0 Å². The number of nitrogens with one attached hydrogen (secondary N) is 2. The van der Waals surface area contributed by atoms with Crippen LogP contribution in [-0.2, 0) is 0 Å². The third kappa shape index (κ3) is 3.43. The molecule has 0 fully saturated rings. The lowest BCUT2D eigenvalue weighted by Gasteiger charge is -2.15. The lowest BCUT2D eigenvalue weighted by molar-refractivity contribution is 0.102. The number of nitrogens with zero attached hydrogens (tertiary/aromatic N) is 1. The van der Waals surface area contributed by atoms with E-state index in [0.29, 0.717) is 28.5 Å². The van der Waals surface area contributed by atoms with Gasteiger partial charge in [-0.15, -0.1) is 0 Å². The van der Waals surface area contributed by atoms with Crippen LogP contribution in [0.1, 0.15) is 16.1 Å². The fourth-order valence-corrected chi connectivity index (χ4v) is 3.12. The molecule has 2 aromatic carbocycles. The highest BCUT2D eigenvalue weighted by Gasteiger charge is 2.20. The Bertz CT molecular complexity index is 1020. The van der Waals surface area contributed by atoms with Crippen molar-refractivity contribution in [1.29, 1.82) is 0 Å². The molecule has 0 bridgehead atoms. The van der Waals surface area contributed by atoms with Crippen molar-refractivity contribution in [2.45, 2.75) is 6.92 Å². The number of hydrogen-bond acceptors (Lipinski definition) is 5. The molecule has 0 unspecified atom stereocenters. The Labute approximate surface area is 164 Å². The maximum absolute atomic E-state index is 12.8. The van der Waals surface area contributed by atoms with E-state index in [1.165, 1.54) is 0 Å². The van der Waals surface area contributed by atoms with Gasteiger partial charge in [0.15, 0.2) is 11.5 Å². The van der Waals surface area contributed by atoms with E-state index in [-0.39, 0.29) is 5.91 Å². The van der Waals surface area contributed by atoms with E-state index in [0.717, 1.165) is 22.3 Å². The third-order valence-corrected chi connectivity index (χ3v) is 4.64. The van der Waals surface area contributed by atoms with Crippen LogP contribution in [0, 0.1) is 6.92 Å². The fourth-order valence-electron chi connectivity index (χ4n) is 3.12. The molecule has 1 aromatic heterocycles. The number of carbonyl (C=O) groups excluding carboxylic acids is 1. The van der Waals surface area contributed by atoms with Crippen molar-refractivity contribution in [2.75, 3.05) is 45.6 Å². The molecule has 0 saturated carbocycles. The van der Waals surface area contributed by atoms with E-state index in [2.05, 4.69) is 10.3 Å². The minimum atomic E-state index is -0.239. The summed E-state index contributed by atoms with van der Waals surface area (Å²) in [6.45, 7) is 1.96. The summed E-state index contributed by atoms with van der Waals surface area (Å²) >= 11 is 0. The summed E-state index contributed by atoms with van der Waals surface area (Å²) < 4.78 is 16.3. The Balaban J connectivity index is 1.96.